The van der Waals surface area contributed by atoms with Gasteiger partial charge in [-0.25, -0.2) is 13.2 Å². The lowest BCUT2D eigenvalue weighted by atomic mass is 10.2. The molecule has 0 heterocycles. The maximum absolute atomic E-state index is 12.3. The van der Waals surface area contributed by atoms with Gasteiger partial charge in [0.1, 0.15) is 0 Å². The van der Waals surface area contributed by atoms with Gasteiger partial charge in [-0.1, -0.05) is 31.2 Å². The van der Waals surface area contributed by atoms with Crippen molar-refractivity contribution in [1.82, 2.24) is 0 Å². The standard InChI is InChI=1S/C18H20N2O5S/c1-3-16(17(21)19-14-9-5-4-6-10-14)25-18(22)13-8-7-11-15(12-13)20-26(2,23)24/h4-12,16,20H,3H2,1-2H3,(H,19,21). The SMILES string of the molecule is CCC(OC(=O)c1cccc(NS(C)(=O)=O)c1)C(=O)Nc1ccccc1. The maximum Gasteiger partial charge on any atom is 0.338 e. The van der Waals surface area contributed by atoms with Gasteiger partial charge in [0, 0.05) is 11.4 Å². The lowest BCUT2D eigenvalue weighted by molar-refractivity contribution is -0.124. The average Bonchev–Trinajstić information content (AvgIpc) is 2.59. The van der Waals surface area contributed by atoms with Gasteiger partial charge in [0.15, 0.2) is 6.10 Å². The third-order valence-corrected chi connectivity index (χ3v) is 3.96. The Hall–Kier alpha value is -2.87. The molecule has 1 unspecified atom stereocenters. The van der Waals surface area contributed by atoms with Crippen LogP contribution in [0.2, 0.25) is 0 Å². The Morgan fingerprint density at radius 2 is 1.69 bits per heavy atom. The molecule has 7 nitrogen and oxygen atoms in total. The molecule has 1 atom stereocenters. The zero-order chi connectivity index (χ0) is 19.2. The minimum absolute atomic E-state index is 0.143. The van der Waals surface area contributed by atoms with E-state index in [1.807, 2.05) is 6.07 Å². The number of carbonyl (C=O) groups is 2. The molecule has 0 aliphatic carbocycles. The minimum Gasteiger partial charge on any atom is -0.449 e. The fourth-order valence-corrected chi connectivity index (χ4v) is 2.74. The van der Waals surface area contributed by atoms with E-state index in [2.05, 4.69) is 10.0 Å². The lowest BCUT2D eigenvalue weighted by Crippen LogP contribution is -2.32. The summed E-state index contributed by atoms with van der Waals surface area (Å²) in [6.07, 6.45) is 0.347. The first-order valence-electron chi connectivity index (χ1n) is 7.93. The third kappa shape index (κ3) is 5.89. The number of rotatable bonds is 7. The van der Waals surface area contributed by atoms with E-state index in [4.69, 9.17) is 4.74 Å². The average molecular weight is 376 g/mol. The van der Waals surface area contributed by atoms with Crippen LogP contribution in [0, 0.1) is 0 Å². The number of ether oxygens (including phenoxy) is 1. The van der Waals surface area contributed by atoms with Gasteiger partial charge in [0.2, 0.25) is 10.0 Å². The Kier molecular flexibility index (Phi) is 6.35. The molecule has 0 saturated heterocycles. The molecule has 0 aromatic heterocycles. The Morgan fingerprint density at radius 1 is 1.04 bits per heavy atom. The summed E-state index contributed by atoms with van der Waals surface area (Å²) in [4.78, 5) is 24.6. The summed E-state index contributed by atoms with van der Waals surface area (Å²) in [7, 11) is -3.46. The number of para-hydroxylation sites is 1. The van der Waals surface area contributed by atoms with Crippen LogP contribution in [0.1, 0.15) is 23.7 Å². The number of esters is 1. The molecule has 0 radical (unpaired) electrons. The van der Waals surface area contributed by atoms with Crippen molar-refractivity contribution in [3.05, 3.63) is 60.2 Å². The summed E-state index contributed by atoms with van der Waals surface area (Å²) in [6.45, 7) is 1.73. The molecule has 0 saturated carbocycles. The van der Waals surface area contributed by atoms with E-state index in [0.717, 1.165) is 6.26 Å². The number of anilines is 2. The fraction of sp³-hybridized carbons (Fsp3) is 0.222. The molecule has 0 bridgehead atoms. The van der Waals surface area contributed by atoms with Crippen LogP contribution >= 0.6 is 0 Å². The molecule has 0 aliphatic heterocycles. The number of benzene rings is 2. The Bertz CT molecular complexity index is 881. The molecule has 0 spiro atoms. The minimum atomic E-state index is -3.46. The molecule has 26 heavy (non-hydrogen) atoms. The van der Waals surface area contributed by atoms with Gasteiger partial charge in [0.05, 0.1) is 11.8 Å². The molecule has 0 fully saturated rings. The van der Waals surface area contributed by atoms with Crippen LogP contribution in [0.15, 0.2) is 54.6 Å². The van der Waals surface area contributed by atoms with Crippen molar-refractivity contribution < 1.29 is 22.7 Å². The summed E-state index contributed by atoms with van der Waals surface area (Å²) in [6, 6.07) is 14.7. The molecule has 1 amide bonds. The monoisotopic (exact) mass is 376 g/mol. The van der Waals surface area contributed by atoms with Crippen LogP contribution in [-0.2, 0) is 19.6 Å². The van der Waals surface area contributed by atoms with Crippen LogP contribution in [0.5, 0.6) is 0 Å². The second-order valence-electron chi connectivity index (χ2n) is 5.61. The zero-order valence-corrected chi connectivity index (χ0v) is 15.2. The Labute approximate surface area is 152 Å². The van der Waals surface area contributed by atoms with Crippen molar-refractivity contribution in [1.29, 1.82) is 0 Å². The fourth-order valence-electron chi connectivity index (χ4n) is 2.19. The van der Waals surface area contributed by atoms with E-state index in [0.29, 0.717) is 12.1 Å². The van der Waals surface area contributed by atoms with Crippen LogP contribution in [0.3, 0.4) is 0 Å². The first-order chi connectivity index (χ1) is 12.3. The van der Waals surface area contributed by atoms with Gasteiger partial charge in [0.25, 0.3) is 5.91 Å². The number of hydrogen-bond donors (Lipinski definition) is 2. The topological polar surface area (TPSA) is 102 Å². The van der Waals surface area contributed by atoms with Crippen LogP contribution in [0.4, 0.5) is 11.4 Å². The molecule has 2 N–H and O–H groups in total. The second-order valence-corrected chi connectivity index (χ2v) is 7.36. The van der Waals surface area contributed by atoms with Crippen molar-refractivity contribution in [2.45, 2.75) is 19.4 Å². The quantitative estimate of drug-likeness (QED) is 0.724. The molecule has 0 aliphatic rings. The highest BCUT2D eigenvalue weighted by Crippen LogP contribution is 2.15. The number of carbonyl (C=O) groups excluding carboxylic acids is 2. The largest absolute Gasteiger partial charge is 0.449 e. The van der Waals surface area contributed by atoms with Gasteiger partial charge in [-0.2, -0.15) is 0 Å². The van der Waals surface area contributed by atoms with Gasteiger partial charge in [-0.3, -0.25) is 9.52 Å². The van der Waals surface area contributed by atoms with Gasteiger partial charge in [-0.15, -0.1) is 0 Å². The van der Waals surface area contributed by atoms with Crippen molar-refractivity contribution >= 4 is 33.3 Å². The second kappa shape index (κ2) is 8.48. The van der Waals surface area contributed by atoms with E-state index in [9.17, 15) is 18.0 Å². The van der Waals surface area contributed by atoms with E-state index < -0.39 is 28.0 Å². The summed E-state index contributed by atoms with van der Waals surface area (Å²) < 4.78 is 30.1. The number of hydrogen-bond acceptors (Lipinski definition) is 5. The third-order valence-electron chi connectivity index (χ3n) is 3.36. The Morgan fingerprint density at radius 3 is 2.31 bits per heavy atom. The predicted octanol–water partition coefficient (Wildman–Crippen LogP) is 2.63. The van der Waals surface area contributed by atoms with E-state index in [1.54, 1.807) is 31.2 Å². The van der Waals surface area contributed by atoms with Crippen LogP contribution in [0.25, 0.3) is 0 Å². The molecule has 138 valence electrons. The molecule has 2 aromatic rings. The first kappa shape index (κ1) is 19.5. The number of sulfonamides is 1. The molecule has 8 heteroatoms. The summed E-state index contributed by atoms with van der Waals surface area (Å²) in [5.41, 5.74) is 0.986. The zero-order valence-electron chi connectivity index (χ0n) is 14.4. The van der Waals surface area contributed by atoms with Gasteiger partial charge in [-0.05, 0) is 36.8 Å². The van der Waals surface area contributed by atoms with Crippen molar-refractivity contribution in [3.63, 3.8) is 0 Å². The number of nitrogens with one attached hydrogen (secondary N) is 2. The van der Waals surface area contributed by atoms with Gasteiger partial charge >= 0.3 is 5.97 Å². The van der Waals surface area contributed by atoms with E-state index in [-0.39, 0.29) is 11.3 Å². The molecular weight excluding hydrogens is 356 g/mol. The smallest absolute Gasteiger partial charge is 0.338 e. The highest BCUT2D eigenvalue weighted by Gasteiger charge is 2.22. The van der Waals surface area contributed by atoms with Crippen molar-refractivity contribution in [2.24, 2.45) is 0 Å². The van der Waals surface area contributed by atoms with E-state index >= 15 is 0 Å². The lowest BCUT2D eigenvalue weighted by Gasteiger charge is -2.16. The number of amides is 1. The summed E-state index contributed by atoms with van der Waals surface area (Å²) in [5, 5.41) is 2.68. The maximum atomic E-state index is 12.3. The van der Waals surface area contributed by atoms with Crippen molar-refractivity contribution in [2.75, 3.05) is 16.3 Å². The van der Waals surface area contributed by atoms with Crippen LogP contribution < -0.4 is 10.0 Å². The summed E-state index contributed by atoms with van der Waals surface area (Å²) >= 11 is 0. The van der Waals surface area contributed by atoms with Crippen LogP contribution in [-0.4, -0.2) is 32.7 Å². The van der Waals surface area contributed by atoms with Crippen molar-refractivity contribution in [3.8, 4) is 0 Å². The van der Waals surface area contributed by atoms with Gasteiger partial charge < -0.3 is 10.1 Å². The molecular formula is C18H20N2O5S. The summed E-state index contributed by atoms with van der Waals surface area (Å²) in [5.74, 6) is -1.14. The van der Waals surface area contributed by atoms with E-state index in [1.165, 1.54) is 24.3 Å². The highest BCUT2D eigenvalue weighted by molar-refractivity contribution is 7.92. The first-order valence-corrected chi connectivity index (χ1v) is 9.82. The Balaban J connectivity index is 2.07. The molecule has 2 aromatic carbocycles. The normalized spacial score (nSPS) is 12.1. The highest BCUT2D eigenvalue weighted by atomic mass is 32.2. The molecule has 2 rings (SSSR count). The predicted molar refractivity (Wildman–Crippen MR) is 99.5 cm³/mol.